The molecule has 0 spiro atoms. The molecule has 33 heavy (non-hydrogen) atoms. The van der Waals surface area contributed by atoms with Crippen molar-refractivity contribution >= 4 is 42.4 Å². The van der Waals surface area contributed by atoms with E-state index in [0.717, 1.165) is 11.1 Å². The number of nitrogens with zero attached hydrogens (tertiary/aromatic N) is 2. The Labute approximate surface area is 196 Å². The Morgan fingerprint density at radius 1 is 0.909 bits per heavy atom. The van der Waals surface area contributed by atoms with E-state index in [2.05, 4.69) is 4.98 Å². The number of aromatic nitrogens is 1. The van der Waals surface area contributed by atoms with Crippen LogP contribution in [0.25, 0.3) is 10.2 Å². The van der Waals surface area contributed by atoms with Crippen molar-refractivity contribution in [1.29, 1.82) is 0 Å². The summed E-state index contributed by atoms with van der Waals surface area (Å²) in [5, 5.41) is 0.399. The largest absolute Gasteiger partial charge is 0.284 e. The quantitative estimate of drug-likeness (QED) is 0.322. The van der Waals surface area contributed by atoms with Crippen molar-refractivity contribution in [2.45, 2.75) is 25.1 Å². The van der Waals surface area contributed by atoms with Gasteiger partial charge in [0.2, 0.25) is 5.91 Å². The third kappa shape index (κ3) is 6.03. The number of rotatable bonds is 9. The van der Waals surface area contributed by atoms with Crippen LogP contribution in [-0.2, 0) is 26.9 Å². The van der Waals surface area contributed by atoms with Crippen LogP contribution in [0.1, 0.15) is 24.0 Å². The van der Waals surface area contributed by atoms with E-state index in [9.17, 15) is 17.6 Å². The van der Waals surface area contributed by atoms with Gasteiger partial charge < -0.3 is 0 Å². The third-order valence-corrected chi connectivity index (χ3v) is 7.88. The number of carbonyl (C=O) groups is 1. The maximum Gasteiger partial charge on any atom is 0.229 e. The number of sulfone groups is 1. The van der Waals surface area contributed by atoms with E-state index in [0.29, 0.717) is 9.83 Å². The summed E-state index contributed by atoms with van der Waals surface area (Å²) in [6, 6.07) is 23.2. The van der Waals surface area contributed by atoms with E-state index < -0.39 is 15.7 Å². The Morgan fingerprint density at radius 2 is 1.58 bits per heavy atom. The number of amides is 1. The third-order valence-electron chi connectivity index (χ3n) is 5.15. The summed E-state index contributed by atoms with van der Waals surface area (Å²) in [5.74, 6) is -0.809. The van der Waals surface area contributed by atoms with Crippen molar-refractivity contribution in [3.63, 3.8) is 0 Å². The maximum atomic E-state index is 14.2. The van der Waals surface area contributed by atoms with E-state index in [1.807, 2.05) is 36.4 Å². The summed E-state index contributed by atoms with van der Waals surface area (Å²) in [5.41, 5.74) is 1.86. The van der Waals surface area contributed by atoms with Crippen LogP contribution in [0.2, 0.25) is 0 Å². The van der Waals surface area contributed by atoms with Gasteiger partial charge in [0, 0.05) is 6.42 Å². The molecule has 0 fully saturated rings. The molecule has 0 aliphatic heterocycles. The Morgan fingerprint density at radius 3 is 2.24 bits per heavy atom. The highest BCUT2D eigenvalue weighted by atomic mass is 32.2. The summed E-state index contributed by atoms with van der Waals surface area (Å²) >= 11 is 1.24. The normalized spacial score (nSPS) is 11.5. The Balaban J connectivity index is 1.49. The molecule has 4 aromatic rings. The molecule has 0 unspecified atom stereocenters. The average Bonchev–Trinajstić information content (AvgIpc) is 3.24. The van der Waals surface area contributed by atoms with Gasteiger partial charge in [-0.3, -0.25) is 9.69 Å². The first-order valence-electron chi connectivity index (χ1n) is 10.5. The van der Waals surface area contributed by atoms with Crippen molar-refractivity contribution in [2.75, 3.05) is 10.7 Å². The van der Waals surface area contributed by atoms with Gasteiger partial charge in [-0.15, -0.1) is 0 Å². The minimum atomic E-state index is -3.34. The van der Waals surface area contributed by atoms with E-state index in [-0.39, 0.29) is 42.3 Å². The Hall–Kier alpha value is -3.10. The van der Waals surface area contributed by atoms with E-state index >= 15 is 0 Å². The van der Waals surface area contributed by atoms with Gasteiger partial charge in [-0.05, 0) is 29.7 Å². The zero-order valence-corrected chi connectivity index (χ0v) is 19.5. The van der Waals surface area contributed by atoms with Crippen LogP contribution in [0.5, 0.6) is 0 Å². The van der Waals surface area contributed by atoms with Gasteiger partial charge in [0.25, 0.3) is 0 Å². The standard InChI is InChI=1S/C25H23FN2O3S2/c26-21-13-7-14-22-24(21)27-25(32-22)28(17-19-9-3-1-4-10-19)23(29)15-8-16-33(30,31)18-20-11-5-2-6-12-20/h1-7,9-14H,8,15-18H2. The minimum Gasteiger partial charge on any atom is -0.284 e. The predicted octanol–water partition coefficient (Wildman–Crippen LogP) is 5.36. The molecule has 0 N–H and O–H groups in total. The number of benzene rings is 3. The fourth-order valence-electron chi connectivity index (χ4n) is 3.53. The van der Waals surface area contributed by atoms with Crippen molar-refractivity contribution in [2.24, 2.45) is 0 Å². The molecule has 3 aromatic carbocycles. The first-order chi connectivity index (χ1) is 15.9. The van der Waals surface area contributed by atoms with Gasteiger partial charge in [-0.25, -0.2) is 17.8 Å². The molecular formula is C25H23FN2O3S2. The molecule has 5 nitrogen and oxygen atoms in total. The van der Waals surface area contributed by atoms with Gasteiger partial charge in [-0.2, -0.15) is 0 Å². The second kappa shape index (κ2) is 10.2. The van der Waals surface area contributed by atoms with Crippen molar-refractivity contribution in [3.05, 3.63) is 95.8 Å². The molecule has 1 heterocycles. The number of halogens is 1. The molecule has 8 heteroatoms. The zero-order valence-electron chi connectivity index (χ0n) is 17.9. The summed E-state index contributed by atoms with van der Waals surface area (Å²) in [6.07, 6.45) is 0.262. The van der Waals surface area contributed by atoms with Crippen LogP contribution >= 0.6 is 11.3 Å². The SMILES string of the molecule is O=C(CCCS(=O)(=O)Cc1ccccc1)N(Cc1ccccc1)c1nc2c(F)cccc2s1. The number of fused-ring (bicyclic) bond motifs is 1. The van der Waals surface area contributed by atoms with Crippen molar-refractivity contribution in [1.82, 2.24) is 4.98 Å². The lowest BCUT2D eigenvalue weighted by Gasteiger charge is -2.20. The van der Waals surface area contributed by atoms with Crippen LogP contribution in [0.4, 0.5) is 9.52 Å². The first kappa shape index (κ1) is 23.1. The average molecular weight is 483 g/mol. The van der Waals surface area contributed by atoms with Crippen molar-refractivity contribution < 1.29 is 17.6 Å². The molecule has 0 aliphatic rings. The topological polar surface area (TPSA) is 67.3 Å². The number of carbonyl (C=O) groups excluding carboxylic acids is 1. The second-order valence-electron chi connectivity index (χ2n) is 7.73. The summed E-state index contributed by atoms with van der Waals surface area (Å²) in [7, 11) is -3.34. The van der Waals surface area contributed by atoms with Gasteiger partial charge in [-0.1, -0.05) is 78.1 Å². The van der Waals surface area contributed by atoms with Crippen LogP contribution in [0, 0.1) is 5.82 Å². The number of anilines is 1. The molecule has 0 aliphatic carbocycles. The Bertz CT molecular complexity index is 1340. The van der Waals surface area contributed by atoms with Gasteiger partial charge in [0.15, 0.2) is 15.0 Å². The van der Waals surface area contributed by atoms with Crippen LogP contribution in [-0.4, -0.2) is 25.1 Å². The van der Waals surface area contributed by atoms with Gasteiger partial charge >= 0.3 is 0 Å². The molecule has 0 bridgehead atoms. The molecular weight excluding hydrogens is 459 g/mol. The second-order valence-corrected chi connectivity index (χ2v) is 10.9. The highest BCUT2D eigenvalue weighted by Crippen LogP contribution is 2.31. The lowest BCUT2D eigenvalue weighted by atomic mass is 10.2. The molecule has 0 saturated carbocycles. The smallest absolute Gasteiger partial charge is 0.229 e. The summed E-state index contributed by atoms with van der Waals surface area (Å²) in [6.45, 7) is 0.276. The highest BCUT2D eigenvalue weighted by molar-refractivity contribution is 7.90. The van der Waals surface area contributed by atoms with Crippen molar-refractivity contribution in [3.8, 4) is 0 Å². The number of para-hydroxylation sites is 1. The van der Waals surface area contributed by atoms with Gasteiger partial charge in [0.1, 0.15) is 11.3 Å². The lowest BCUT2D eigenvalue weighted by molar-refractivity contribution is -0.118. The first-order valence-corrected chi connectivity index (χ1v) is 13.2. The Kier molecular flexibility index (Phi) is 7.15. The number of thiazole rings is 1. The highest BCUT2D eigenvalue weighted by Gasteiger charge is 2.22. The number of hydrogen-bond donors (Lipinski definition) is 0. The zero-order chi connectivity index (χ0) is 23.3. The van der Waals surface area contributed by atoms with Crippen LogP contribution < -0.4 is 4.90 Å². The van der Waals surface area contributed by atoms with E-state index in [1.54, 1.807) is 36.4 Å². The fraction of sp³-hybridized carbons (Fsp3) is 0.200. The van der Waals surface area contributed by atoms with Gasteiger partial charge in [0.05, 0.1) is 22.8 Å². The molecule has 4 rings (SSSR count). The minimum absolute atomic E-state index is 0.0487. The van der Waals surface area contributed by atoms with E-state index in [4.69, 9.17) is 0 Å². The summed E-state index contributed by atoms with van der Waals surface area (Å²) < 4.78 is 39.8. The molecule has 1 aromatic heterocycles. The molecule has 0 saturated heterocycles. The van der Waals surface area contributed by atoms with E-state index in [1.165, 1.54) is 22.3 Å². The molecule has 170 valence electrons. The lowest BCUT2D eigenvalue weighted by Crippen LogP contribution is -2.30. The predicted molar refractivity (Wildman–Crippen MR) is 130 cm³/mol. The molecule has 0 atom stereocenters. The monoisotopic (exact) mass is 482 g/mol. The molecule has 1 amide bonds. The summed E-state index contributed by atoms with van der Waals surface area (Å²) in [4.78, 5) is 19.0. The fourth-order valence-corrected chi connectivity index (χ4v) is 5.95. The van der Waals surface area contributed by atoms with Crippen LogP contribution in [0.3, 0.4) is 0 Å². The maximum absolute atomic E-state index is 14.2. The van der Waals surface area contributed by atoms with Crippen LogP contribution in [0.15, 0.2) is 78.9 Å². The number of hydrogen-bond acceptors (Lipinski definition) is 5. The molecule has 0 radical (unpaired) electrons.